The molecule has 0 saturated heterocycles. The summed E-state index contributed by atoms with van der Waals surface area (Å²) >= 11 is 0. The van der Waals surface area contributed by atoms with Gasteiger partial charge in [0.15, 0.2) is 0 Å². The maximum Gasteiger partial charge on any atom is 0.244 e. The van der Waals surface area contributed by atoms with Gasteiger partial charge in [0.1, 0.15) is 6.04 Å². The fourth-order valence-corrected chi connectivity index (χ4v) is 1.01. The van der Waals surface area contributed by atoms with Gasteiger partial charge in [-0.25, -0.2) is 0 Å². The first kappa shape index (κ1) is 9.57. The standard InChI is InChI=1S/C8H14N4O/c1-3-10-8(13)6(2)12-5-7(9)4-11-12/h4-6H,3,9H2,1-2H3,(H,10,13). The number of rotatable bonds is 3. The quantitative estimate of drug-likeness (QED) is 0.699. The van der Waals surface area contributed by atoms with Gasteiger partial charge in [-0.3, -0.25) is 9.48 Å². The first-order valence-corrected chi connectivity index (χ1v) is 4.22. The molecule has 1 amide bonds. The summed E-state index contributed by atoms with van der Waals surface area (Å²) in [4.78, 5) is 11.3. The third-order valence-corrected chi connectivity index (χ3v) is 1.75. The number of hydrogen-bond acceptors (Lipinski definition) is 3. The Morgan fingerprint density at radius 3 is 3.00 bits per heavy atom. The third-order valence-electron chi connectivity index (χ3n) is 1.75. The molecule has 5 heteroatoms. The number of nitrogens with zero attached hydrogens (tertiary/aromatic N) is 2. The first-order chi connectivity index (χ1) is 6.15. The Hall–Kier alpha value is -1.52. The van der Waals surface area contributed by atoms with Gasteiger partial charge in [0.2, 0.25) is 5.91 Å². The molecule has 1 unspecified atom stereocenters. The number of nitrogens with one attached hydrogen (secondary N) is 1. The highest BCUT2D eigenvalue weighted by molar-refractivity contribution is 5.79. The normalized spacial score (nSPS) is 12.5. The highest BCUT2D eigenvalue weighted by Crippen LogP contribution is 2.07. The lowest BCUT2D eigenvalue weighted by atomic mass is 10.3. The highest BCUT2D eigenvalue weighted by Gasteiger charge is 2.13. The number of likely N-dealkylation sites (N-methyl/N-ethyl adjacent to an activating group) is 1. The van der Waals surface area contributed by atoms with Crippen LogP contribution in [0, 0.1) is 0 Å². The van der Waals surface area contributed by atoms with E-state index in [1.807, 2.05) is 6.92 Å². The maximum atomic E-state index is 11.3. The predicted molar refractivity (Wildman–Crippen MR) is 50.0 cm³/mol. The van der Waals surface area contributed by atoms with Crippen molar-refractivity contribution in [1.29, 1.82) is 0 Å². The van der Waals surface area contributed by atoms with Crippen LogP contribution in [0.3, 0.4) is 0 Å². The number of aromatic nitrogens is 2. The van der Waals surface area contributed by atoms with Gasteiger partial charge in [-0.15, -0.1) is 0 Å². The van der Waals surface area contributed by atoms with Gasteiger partial charge in [-0.2, -0.15) is 5.10 Å². The molecule has 1 heterocycles. The van der Waals surface area contributed by atoms with Crippen LogP contribution >= 0.6 is 0 Å². The van der Waals surface area contributed by atoms with E-state index in [1.54, 1.807) is 17.8 Å². The number of anilines is 1. The molecule has 1 atom stereocenters. The van der Waals surface area contributed by atoms with E-state index in [-0.39, 0.29) is 11.9 Å². The van der Waals surface area contributed by atoms with Gasteiger partial charge in [-0.1, -0.05) is 0 Å². The molecule has 0 spiro atoms. The molecule has 0 aromatic carbocycles. The molecule has 0 bridgehead atoms. The summed E-state index contributed by atoms with van der Waals surface area (Å²) in [6.07, 6.45) is 3.16. The van der Waals surface area contributed by atoms with Crippen molar-refractivity contribution in [1.82, 2.24) is 15.1 Å². The molecule has 0 aliphatic heterocycles. The fourth-order valence-electron chi connectivity index (χ4n) is 1.01. The number of hydrogen-bond donors (Lipinski definition) is 2. The molecular weight excluding hydrogens is 168 g/mol. The molecule has 0 aliphatic carbocycles. The largest absolute Gasteiger partial charge is 0.396 e. The van der Waals surface area contributed by atoms with E-state index in [2.05, 4.69) is 10.4 Å². The number of carbonyl (C=O) groups excluding carboxylic acids is 1. The molecule has 0 radical (unpaired) electrons. The number of nitrogens with two attached hydrogens (primary N) is 1. The van der Waals surface area contributed by atoms with E-state index in [1.165, 1.54) is 6.20 Å². The molecule has 72 valence electrons. The summed E-state index contributed by atoms with van der Waals surface area (Å²) in [5, 5.41) is 6.66. The molecule has 5 nitrogen and oxygen atoms in total. The third kappa shape index (κ3) is 2.21. The molecule has 0 fully saturated rings. The molecule has 1 rings (SSSR count). The fraction of sp³-hybridized carbons (Fsp3) is 0.500. The lowest BCUT2D eigenvalue weighted by Crippen LogP contribution is -2.30. The van der Waals surface area contributed by atoms with Gasteiger partial charge < -0.3 is 11.1 Å². The molecule has 0 saturated carbocycles. The topological polar surface area (TPSA) is 72.9 Å². The first-order valence-electron chi connectivity index (χ1n) is 4.22. The summed E-state index contributed by atoms with van der Waals surface area (Å²) < 4.78 is 1.54. The molecule has 1 aromatic heterocycles. The van der Waals surface area contributed by atoms with Crippen LogP contribution in [0.5, 0.6) is 0 Å². The molecule has 3 N–H and O–H groups in total. The Bertz CT molecular complexity index is 294. The lowest BCUT2D eigenvalue weighted by Gasteiger charge is -2.10. The van der Waals surface area contributed by atoms with Crippen LogP contribution in [-0.4, -0.2) is 22.2 Å². The van der Waals surface area contributed by atoms with Crippen molar-refractivity contribution in [3.63, 3.8) is 0 Å². The van der Waals surface area contributed by atoms with Crippen molar-refractivity contribution in [3.8, 4) is 0 Å². The van der Waals surface area contributed by atoms with Gasteiger partial charge in [0.25, 0.3) is 0 Å². The monoisotopic (exact) mass is 182 g/mol. The average molecular weight is 182 g/mol. The number of carbonyl (C=O) groups is 1. The Kier molecular flexibility index (Phi) is 2.89. The van der Waals surface area contributed by atoms with E-state index in [0.717, 1.165) is 0 Å². The van der Waals surface area contributed by atoms with Crippen molar-refractivity contribution in [2.75, 3.05) is 12.3 Å². The molecule has 0 aliphatic rings. The highest BCUT2D eigenvalue weighted by atomic mass is 16.2. The van der Waals surface area contributed by atoms with E-state index in [4.69, 9.17) is 5.73 Å². The maximum absolute atomic E-state index is 11.3. The minimum absolute atomic E-state index is 0.0504. The number of nitrogen functional groups attached to an aromatic ring is 1. The minimum Gasteiger partial charge on any atom is -0.396 e. The average Bonchev–Trinajstić information content (AvgIpc) is 2.51. The van der Waals surface area contributed by atoms with Crippen LogP contribution < -0.4 is 11.1 Å². The molecule has 13 heavy (non-hydrogen) atoms. The molecule has 1 aromatic rings. The zero-order chi connectivity index (χ0) is 9.84. The second kappa shape index (κ2) is 3.93. The second-order valence-corrected chi connectivity index (χ2v) is 2.82. The van der Waals surface area contributed by atoms with Crippen molar-refractivity contribution in [3.05, 3.63) is 12.4 Å². The van der Waals surface area contributed by atoms with E-state index < -0.39 is 0 Å². The Morgan fingerprint density at radius 2 is 2.54 bits per heavy atom. The van der Waals surface area contributed by atoms with Crippen LogP contribution in [0.15, 0.2) is 12.4 Å². The van der Waals surface area contributed by atoms with Crippen LogP contribution in [-0.2, 0) is 4.79 Å². The van der Waals surface area contributed by atoms with Crippen molar-refractivity contribution in [2.45, 2.75) is 19.9 Å². The summed E-state index contributed by atoms with van der Waals surface area (Å²) in [6, 6.07) is -0.308. The summed E-state index contributed by atoms with van der Waals surface area (Å²) in [5.74, 6) is -0.0504. The van der Waals surface area contributed by atoms with Crippen LogP contribution in [0.25, 0.3) is 0 Å². The molecular formula is C8H14N4O. The summed E-state index contributed by atoms with van der Waals surface area (Å²) in [5.41, 5.74) is 6.04. The summed E-state index contributed by atoms with van der Waals surface area (Å²) in [6.45, 7) is 4.28. The Balaban J connectivity index is 2.67. The SMILES string of the molecule is CCNC(=O)C(C)n1cc(N)cn1. The van der Waals surface area contributed by atoms with E-state index >= 15 is 0 Å². The predicted octanol–water partition coefficient (Wildman–Crippen LogP) is 0.162. The van der Waals surface area contributed by atoms with Crippen LogP contribution in [0.4, 0.5) is 5.69 Å². The zero-order valence-corrected chi connectivity index (χ0v) is 7.82. The van der Waals surface area contributed by atoms with Gasteiger partial charge in [0.05, 0.1) is 11.9 Å². The van der Waals surface area contributed by atoms with Crippen molar-refractivity contribution < 1.29 is 4.79 Å². The smallest absolute Gasteiger partial charge is 0.244 e. The Labute approximate surface area is 76.9 Å². The lowest BCUT2D eigenvalue weighted by molar-refractivity contribution is -0.124. The van der Waals surface area contributed by atoms with Gasteiger partial charge in [0, 0.05) is 12.7 Å². The van der Waals surface area contributed by atoms with E-state index in [9.17, 15) is 4.79 Å². The van der Waals surface area contributed by atoms with Crippen LogP contribution in [0.2, 0.25) is 0 Å². The Morgan fingerprint density at radius 1 is 1.85 bits per heavy atom. The minimum atomic E-state index is -0.308. The van der Waals surface area contributed by atoms with Crippen molar-refractivity contribution >= 4 is 11.6 Å². The second-order valence-electron chi connectivity index (χ2n) is 2.82. The zero-order valence-electron chi connectivity index (χ0n) is 7.82. The summed E-state index contributed by atoms with van der Waals surface area (Å²) in [7, 11) is 0. The van der Waals surface area contributed by atoms with Crippen LogP contribution in [0.1, 0.15) is 19.9 Å². The number of amides is 1. The van der Waals surface area contributed by atoms with Crippen molar-refractivity contribution in [2.24, 2.45) is 0 Å². The van der Waals surface area contributed by atoms with Gasteiger partial charge in [-0.05, 0) is 13.8 Å². The van der Waals surface area contributed by atoms with Gasteiger partial charge >= 0.3 is 0 Å². The van der Waals surface area contributed by atoms with E-state index in [0.29, 0.717) is 12.2 Å².